The molecule has 0 amide bonds. The standard InChI is InChI=1S/C23H26O4/c1-5-16-14-21-20(23(3,4)11-12-26-21)13-17(16)7-8-18-9-10-19(27-18)15-22(24)25-6-2/h9-10,13-14H,5-6,11-12,15H2,1-4H3. The van der Waals surface area contributed by atoms with Crippen LogP contribution in [-0.4, -0.2) is 19.2 Å². The summed E-state index contributed by atoms with van der Waals surface area (Å²) in [6, 6.07) is 7.83. The van der Waals surface area contributed by atoms with Gasteiger partial charge in [-0.05, 0) is 60.9 Å². The van der Waals surface area contributed by atoms with Gasteiger partial charge >= 0.3 is 5.97 Å². The van der Waals surface area contributed by atoms with Gasteiger partial charge in [0.1, 0.15) is 17.9 Å². The average molecular weight is 366 g/mol. The van der Waals surface area contributed by atoms with E-state index >= 15 is 0 Å². The van der Waals surface area contributed by atoms with Gasteiger partial charge in [0.2, 0.25) is 0 Å². The van der Waals surface area contributed by atoms with Crippen molar-refractivity contribution in [1.29, 1.82) is 0 Å². The van der Waals surface area contributed by atoms with Crippen LogP contribution in [0.5, 0.6) is 5.75 Å². The molecule has 0 bridgehead atoms. The molecule has 0 fully saturated rings. The minimum Gasteiger partial charge on any atom is -0.493 e. The summed E-state index contributed by atoms with van der Waals surface area (Å²) in [5.74, 6) is 8.12. The number of furan rings is 1. The van der Waals surface area contributed by atoms with Crippen molar-refractivity contribution in [2.75, 3.05) is 13.2 Å². The fraction of sp³-hybridized carbons (Fsp3) is 0.435. The molecular weight excluding hydrogens is 340 g/mol. The third-order valence-electron chi connectivity index (χ3n) is 4.91. The van der Waals surface area contributed by atoms with Gasteiger partial charge in [0.05, 0.1) is 13.2 Å². The summed E-state index contributed by atoms with van der Waals surface area (Å²) >= 11 is 0. The summed E-state index contributed by atoms with van der Waals surface area (Å²) in [6.45, 7) is 9.50. The van der Waals surface area contributed by atoms with Crippen molar-refractivity contribution in [3.05, 3.63) is 52.5 Å². The molecule has 1 aliphatic rings. The molecule has 2 aromatic rings. The maximum atomic E-state index is 11.6. The Morgan fingerprint density at radius 3 is 2.78 bits per heavy atom. The van der Waals surface area contributed by atoms with Gasteiger partial charge in [-0.3, -0.25) is 4.79 Å². The molecule has 4 nitrogen and oxygen atoms in total. The highest BCUT2D eigenvalue weighted by atomic mass is 16.5. The fourth-order valence-electron chi connectivity index (χ4n) is 3.25. The van der Waals surface area contributed by atoms with E-state index in [4.69, 9.17) is 13.9 Å². The Labute approximate surface area is 160 Å². The summed E-state index contributed by atoms with van der Waals surface area (Å²) in [6.07, 6.45) is 2.00. The molecule has 3 rings (SSSR count). The Balaban J connectivity index is 1.86. The summed E-state index contributed by atoms with van der Waals surface area (Å²) in [7, 11) is 0. The highest BCUT2D eigenvalue weighted by Crippen LogP contribution is 2.39. The van der Waals surface area contributed by atoms with Gasteiger partial charge in [-0.1, -0.05) is 26.7 Å². The summed E-state index contributed by atoms with van der Waals surface area (Å²) in [5, 5.41) is 0. The zero-order valence-corrected chi connectivity index (χ0v) is 16.5. The average Bonchev–Trinajstić information content (AvgIpc) is 3.06. The van der Waals surface area contributed by atoms with E-state index in [1.54, 1.807) is 19.1 Å². The number of aryl methyl sites for hydroxylation is 1. The highest BCUT2D eigenvalue weighted by molar-refractivity contribution is 5.71. The second-order valence-corrected chi connectivity index (χ2v) is 7.34. The lowest BCUT2D eigenvalue weighted by atomic mass is 9.78. The van der Waals surface area contributed by atoms with E-state index in [0.29, 0.717) is 18.1 Å². The summed E-state index contributed by atoms with van der Waals surface area (Å²) < 4.78 is 16.5. The predicted octanol–water partition coefficient (Wildman–Crippen LogP) is 4.41. The van der Waals surface area contributed by atoms with Crippen molar-refractivity contribution in [1.82, 2.24) is 0 Å². The molecule has 1 aliphatic heterocycles. The van der Waals surface area contributed by atoms with Crippen LogP contribution in [-0.2, 0) is 27.8 Å². The quantitative estimate of drug-likeness (QED) is 0.594. The molecule has 0 unspecified atom stereocenters. The van der Waals surface area contributed by atoms with Crippen molar-refractivity contribution in [2.45, 2.75) is 52.4 Å². The Hall–Kier alpha value is -2.67. The third kappa shape index (κ3) is 4.36. The number of hydrogen-bond acceptors (Lipinski definition) is 4. The minimum atomic E-state index is -0.295. The van der Waals surface area contributed by atoms with Gasteiger partial charge in [0, 0.05) is 11.1 Å². The predicted molar refractivity (Wildman–Crippen MR) is 104 cm³/mol. The van der Waals surface area contributed by atoms with E-state index in [1.807, 2.05) is 0 Å². The molecule has 0 radical (unpaired) electrons. The molecule has 0 aliphatic carbocycles. The fourth-order valence-corrected chi connectivity index (χ4v) is 3.25. The first-order valence-electron chi connectivity index (χ1n) is 9.49. The number of ether oxygens (including phenoxy) is 2. The second kappa shape index (κ2) is 7.92. The lowest BCUT2D eigenvalue weighted by Crippen LogP contribution is -2.27. The number of esters is 1. The van der Waals surface area contributed by atoms with Gasteiger partial charge < -0.3 is 13.9 Å². The Morgan fingerprint density at radius 1 is 1.22 bits per heavy atom. The Morgan fingerprint density at radius 2 is 2.04 bits per heavy atom. The van der Waals surface area contributed by atoms with Crippen LogP contribution in [0.4, 0.5) is 0 Å². The first-order chi connectivity index (χ1) is 12.9. The van der Waals surface area contributed by atoms with Crippen molar-refractivity contribution in [3.63, 3.8) is 0 Å². The number of rotatable bonds is 4. The molecule has 0 N–H and O–H groups in total. The minimum absolute atomic E-state index is 0.0772. The molecule has 2 heterocycles. The van der Waals surface area contributed by atoms with E-state index in [1.165, 1.54) is 5.56 Å². The van der Waals surface area contributed by atoms with E-state index in [-0.39, 0.29) is 17.8 Å². The van der Waals surface area contributed by atoms with Crippen LogP contribution in [0, 0.1) is 11.8 Å². The van der Waals surface area contributed by atoms with Crippen LogP contribution in [0.3, 0.4) is 0 Å². The van der Waals surface area contributed by atoms with Crippen molar-refractivity contribution < 1.29 is 18.7 Å². The van der Waals surface area contributed by atoms with Gasteiger partial charge in [-0.15, -0.1) is 0 Å². The molecular formula is C23H26O4. The topological polar surface area (TPSA) is 48.7 Å². The third-order valence-corrected chi connectivity index (χ3v) is 4.91. The number of benzene rings is 1. The zero-order chi connectivity index (χ0) is 19.4. The van der Waals surface area contributed by atoms with Crippen LogP contribution >= 0.6 is 0 Å². The number of fused-ring (bicyclic) bond motifs is 1. The molecule has 1 aromatic carbocycles. The molecule has 1 aromatic heterocycles. The molecule has 4 heteroatoms. The van der Waals surface area contributed by atoms with E-state index in [9.17, 15) is 4.79 Å². The highest BCUT2D eigenvalue weighted by Gasteiger charge is 2.29. The smallest absolute Gasteiger partial charge is 0.313 e. The molecule has 142 valence electrons. The monoisotopic (exact) mass is 366 g/mol. The summed E-state index contributed by atoms with van der Waals surface area (Å²) in [5.41, 5.74) is 3.45. The number of carbonyl (C=O) groups is 1. The van der Waals surface area contributed by atoms with E-state index in [0.717, 1.165) is 36.3 Å². The van der Waals surface area contributed by atoms with Crippen LogP contribution in [0.2, 0.25) is 0 Å². The van der Waals surface area contributed by atoms with Crippen molar-refractivity contribution in [2.24, 2.45) is 0 Å². The van der Waals surface area contributed by atoms with E-state index in [2.05, 4.69) is 44.7 Å². The molecule has 0 spiro atoms. The van der Waals surface area contributed by atoms with E-state index < -0.39 is 0 Å². The maximum absolute atomic E-state index is 11.6. The first-order valence-corrected chi connectivity index (χ1v) is 9.49. The van der Waals surface area contributed by atoms with Crippen LogP contribution in [0.25, 0.3) is 0 Å². The zero-order valence-electron chi connectivity index (χ0n) is 16.5. The van der Waals surface area contributed by atoms with Crippen LogP contribution < -0.4 is 4.74 Å². The number of carbonyl (C=O) groups excluding carboxylic acids is 1. The number of hydrogen-bond donors (Lipinski definition) is 0. The van der Waals surface area contributed by atoms with Crippen molar-refractivity contribution in [3.8, 4) is 17.6 Å². The molecule has 27 heavy (non-hydrogen) atoms. The largest absolute Gasteiger partial charge is 0.493 e. The van der Waals surface area contributed by atoms with Crippen LogP contribution in [0.15, 0.2) is 28.7 Å². The molecule has 0 saturated heterocycles. The summed E-state index contributed by atoms with van der Waals surface area (Å²) in [4.78, 5) is 11.6. The van der Waals surface area contributed by atoms with Gasteiger partial charge in [0.25, 0.3) is 0 Å². The van der Waals surface area contributed by atoms with Gasteiger partial charge in [-0.2, -0.15) is 0 Å². The Kier molecular flexibility index (Phi) is 5.60. The Bertz CT molecular complexity index is 893. The molecule has 0 saturated carbocycles. The normalized spacial score (nSPS) is 14.5. The first kappa shape index (κ1) is 19.1. The lowest BCUT2D eigenvalue weighted by molar-refractivity contribution is -0.142. The molecule has 0 atom stereocenters. The van der Waals surface area contributed by atoms with Crippen molar-refractivity contribution >= 4 is 5.97 Å². The second-order valence-electron chi connectivity index (χ2n) is 7.34. The lowest BCUT2D eigenvalue weighted by Gasteiger charge is -2.33. The maximum Gasteiger partial charge on any atom is 0.313 e. The van der Waals surface area contributed by atoms with Gasteiger partial charge in [-0.25, -0.2) is 0 Å². The van der Waals surface area contributed by atoms with Crippen LogP contribution in [0.1, 0.15) is 62.3 Å². The SMILES string of the molecule is CCOC(=O)Cc1ccc(C#Cc2cc3c(cc2CC)OCCC3(C)C)o1. The van der Waals surface area contributed by atoms with Gasteiger partial charge in [0.15, 0.2) is 5.76 Å².